The van der Waals surface area contributed by atoms with Crippen LogP contribution in [0.15, 0.2) is 4.99 Å². The van der Waals surface area contributed by atoms with Gasteiger partial charge in [0.2, 0.25) is 0 Å². The highest BCUT2D eigenvalue weighted by Gasteiger charge is 2.19. The second kappa shape index (κ2) is 6.64. The first-order valence-corrected chi connectivity index (χ1v) is 7.71. The lowest BCUT2D eigenvalue weighted by Gasteiger charge is -2.26. The Morgan fingerprint density at radius 3 is 2.82 bits per heavy atom. The van der Waals surface area contributed by atoms with Crippen molar-refractivity contribution >= 4 is 16.9 Å². The monoisotopic (exact) mass is 256 g/mol. The maximum Gasteiger partial charge on any atom is 0.157 e. The lowest BCUT2D eigenvalue weighted by molar-refractivity contribution is 0.0643. The minimum atomic E-state index is 0.514. The average Bonchev–Trinajstić information content (AvgIpc) is 2.76. The molecule has 98 valence electrons. The fourth-order valence-electron chi connectivity index (χ4n) is 2.54. The van der Waals surface area contributed by atoms with Gasteiger partial charge in [0.1, 0.15) is 0 Å². The van der Waals surface area contributed by atoms with Gasteiger partial charge in [0.25, 0.3) is 0 Å². The van der Waals surface area contributed by atoms with Gasteiger partial charge in [0, 0.05) is 11.3 Å². The number of nitrogens with one attached hydrogen (secondary N) is 1. The van der Waals surface area contributed by atoms with Gasteiger partial charge in [-0.1, -0.05) is 31.5 Å². The van der Waals surface area contributed by atoms with Crippen LogP contribution in [0.5, 0.6) is 0 Å². The Hall–Kier alpha value is -0.220. The van der Waals surface area contributed by atoms with Crippen molar-refractivity contribution in [1.82, 2.24) is 5.32 Å². The minimum absolute atomic E-state index is 0.514. The zero-order valence-corrected chi connectivity index (χ0v) is 11.8. The van der Waals surface area contributed by atoms with Crippen molar-refractivity contribution in [1.29, 1.82) is 0 Å². The van der Waals surface area contributed by atoms with Crippen LogP contribution in [0.2, 0.25) is 0 Å². The fraction of sp³-hybridized carbons (Fsp3) is 0.923. The van der Waals surface area contributed by atoms with Crippen LogP contribution in [-0.4, -0.2) is 35.7 Å². The van der Waals surface area contributed by atoms with Crippen molar-refractivity contribution in [2.24, 2.45) is 4.99 Å². The summed E-state index contributed by atoms with van der Waals surface area (Å²) < 4.78 is 5.80. The predicted octanol–water partition coefficient (Wildman–Crippen LogP) is 2.81. The molecule has 2 aliphatic rings. The largest absolute Gasteiger partial charge is 0.376 e. The van der Waals surface area contributed by atoms with Crippen LogP contribution < -0.4 is 5.32 Å². The Balaban J connectivity index is 1.65. The van der Waals surface area contributed by atoms with Crippen LogP contribution in [-0.2, 0) is 4.74 Å². The summed E-state index contributed by atoms with van der Waals surface area (Å²) in [5.74, 6) is 0. The molecule has 1 saturated carbocycles. The number of ether oxygens (including phenoxy) is 1. The Kier molecular flexibility index (Phi) is 5.16. The van der Waals surface area contributed by atoms with E-state index in [1.54, 1.807) is 0 Å². The maximum absolute atomic E-state index is 5.80. The van der Waals surface area contributed by atoms with E-state index in [9.17, 15) is 0 Å². The van der Waals surface area contributed by atoms with Gasteiger partial charge in [-0.2, -0.15) is 0 Å². The lowest BCUT2D eigenvalue weighted by atomic mass is 10.2. The summed E-state index contributed by atoms with van der Waals surface area (Å²) in [6.45, 7) is 6.07. The van der Waals surface area contributed by atoms with E-state index in [1.165, 1.54) is 32.1 Å². The second-order valence-electron chi connectivity index (χ2n) is 5.17. The molecule has 3 nitrogen and oxygen atoms in total. The van der Waals surface area contributed by atoms with Gasteiger partial charge >= 0.3 is 0 Å². The molecule has 1 N–H and O–H groups in total. The molecule has 0 radical (unpaired) electrons. The summed E-state index contributed by atoms with van der Waals surface area (Å²) >= 11 is 1.86. The number of rotatable bonds is 4. The van der Waals surface area contributed by atoms with Crippen LogP contribution in [0.1, 0.15) is 46.0 Å². The third-order valence-electron chi connectivity index (χ3n) is 3.37. The highest BCUT2D eigenvalue weighted by Crippen LogP contribution is 2.22. The molecule has 1 heterocycles. The number of thioether (sulfide) groups is 1. The van der Waals surface area contributed by atoms with Crippen LogP contribution >= 0.6 is 11.8 Å². The smallest absolute Gasteiger partial charge is 0.157 e. The number of hydrogen-bond donors (Lipinski definition) is 1. The van der Waals surface area contributed by atoms with Crippen molar-refractivity contribution in [3.63, 3.8) is 0 Å². The van der Waals surface area contributed by atoms with Gasteiger partial charge < -0.3 is 10.1 Å². The van der Waals surface area contributed by atoms with Gasteiger partial charge in [-0.15, -0.1) is 0 Å². The number of aliphatic imine (C=N–C) groups is 1. The molecular weight excluding hydrogens is 232 g/mol. The van der Waals surface area contributed by atoms with E-state index in [2.05, 4.69) is 24.2 Å². The molecule has 0 aromatic rings. The molecule has 1 aliphatic carbocycles. The zero-order chi connectivity index (χ0) is 12.1. The van der Waals surface area contributed by atoms with Crippen LogP contribution in [0, 0.1) is 0 Å². The Labute approximate surface area is 109 Å². The topological polar surface area (TPSA) is 33.6 Å². The van der Waals surface area contributed by atoms with Gasteiger partial charge in [0.15, 0.2) is 5.17 Å². The third-order valence-corrected chi connectivity index (χ3v) is 4.44. The lowest BCUT2D eigenvalue weighted by Crippen LogP contribution is -2.38. The van der Waals surface area contributed by atoms with Crippen molar-refractivity contribution in [2.75, 3.05) is 13.2 Å². The van der Waals surface area contributed by atoms with E-state index in [0.29, 0.717) is 17.4 Å². The van der Waals surface area contributed by atoms with Gasteiger partial charge in [0.05, 0.1) is 19.3 Å². The van der Waals surface area contributed by atoms with Crippen LogP contribution in [0.4, 0.5) is 0 Å². The molecule has 1 saturated heterocycles. The van der Waals surface area contributed by atoms with Gasteiger partial charge in [-0.25, -0.2) is 0 Å². The normalized spacial score (nSPS) is 32.9. The summed E-state index contributed by atoms with van der Waals surface area (Å²) in [5, 5.41) is 5.22. The molecule has 2 fully saturated rings. The zero-order valence-electron chi connectivity index (χ0n) is 10.9. The molecule has 4 heteroatoms. The van der Waals surface area contributed by atoms with E-state index in [-0.39, 0.29) is 0 Å². The van der Waals surface area contributed by atoms with Crippen LogP contribution in [0.3, 0.4) is 0 Å². The van der Waals surface area contributed by atoms with E-state index in [1.807, 2.05) is 11.8 Å². The predicted molar refractivity (Wildman–Crippen MR) is 74.8 cm³/mol. The standard InChI is InChI=1S/C13H24N2OS/c1-10-9-11(2)17-13(15-10)14-7-8-16-12-5-3-4-6-12/h10-12H,3-9H2,1-2H3,(H,14,15). The molecule has 1 aliphatic heterocycles. The highest BCUT2D eigenvalue weighted by atomic mass is 32.2. The van der Waals surface area contributed by atoms with Crippen molar-refractivity contribution < 1.29 is 4.74 Å². The van der Waals surface area contributed by atoms with Gasteiger partial charge in [-0.05, 0) is 26.2 Å². The van der Waals surface area contributed by atoms with E-state index in [4.69, 9.17) is 4.74 Å². The third kappa shape index (κ3) is 4.51. The molecule has 17 heavy (non-hydrogen) atoms. The number of amidine groups is 1. The molecule has 2 rings (SSSR count). The summed E-state index contributed by atoms with van der Waals surface area (Å²) in [4.78, 5) is 4.59. The quantitative estimate of drug-likeness (QED) is 0.785. The number of nitrogens with zero attached hydrogens (tertiary/aromatic N) is 1. The fourth-order valence-corrected chi connectivity index (χ4v) is 3.75. The molecule has 2 atom stereocenters. The minimum Gasteiger partial charge on any atom is -0.376 e. The molecule has 0 spiro atoms. The Morgan fingerprint density at radius 1 is 1.35 bits per heavy atom. The summed E-state index contributed by atoms with van der Waals surface area (Å²) in [6.07, 6.45) is 6.91. The van der Waals surface area contributed by atoms with Crippen molar-refractivity contribution in [3.05, 3.63) is 0 Å². The van der Waals surface area contributed by atoms with Gasteiger partial charge in [-0.3, -0.25) is 4.99 Å². The first-order valence-electron chi connectivity index (χ1n) is 6.83. The highest BCUT2D eigenvalue weighted by molar-refractivity contribution is 8.14. The molecule has 0 aromatic heterocycles. The summed E-state index contributed by atoms with van der Waals surface area (Å²) in [7, 11) is 0. The SMILES string of the molecule is CC1CC(C)SC(=NCCOC2CCCC2)N1. The molecule has 0 bridgehead atoms. The van der Waals surface area contributed by atoms with E-state index in [0.717, 1.165) is 18.3 Å². The van der Waals surface area contributed by atoms with Crippen molar-refractivity contribution in [2.45, 2.75) is 63.3 Å². The average molecular weight is 256 g/mol. The van der Waals surface area contributed by atoms with Crippen molar-refractivity contribution in [3.8, 4) is 0 Å². The summed E-state index contributed by atoms with van der Waals surface area (Å²) in [5.41, 5.74) is 0. The number of hydrogen-bond acceptors (Lipinski definition) is 3. The maximum atomic E-state index is 5.80. The molecule has 0 aromatic carbocycles. The first kappa shape index (κ1) is 13.2. The van der Waals surface area contributed by atoms with E-state index >= 15 is 0 Å². The van der Waals surface area contributed by atoms with Crippen LogP contribution in [0.25, 0.3) is 0 Å². The molecule has 2 unspecified atom stereocenters. The van der Waals surface area contributed by atoms with E-state index < -0.39 is 0 Å². The first-order chi connectivity index (χ1) is 8.24. The Morgan fingerprint density at radius 2 is 2.12 bits per heavy atom. The molecular formula is C13H24N2OS. The Bertz CT molecular complexity index is 252. The second-order valence-corrected chi connectivity index (χ2v) is 6.60. The summed E-state index contributed by atoms with van der Waals surface area (Å²) in [6, 6.07) is 0.556. The molecule has 0 amide bonds.